The quantitative estimate of drug-likeness (QED) is 0.763. The van der Waals surface area contributed by atoms with Gasteiger partial charge in [0.15, 0.2) is 0 Å². The Morgan fingerprint density at radius 2 is 2.12 bits per heavy atom. The maximum atomic E-state index is 13.3. The fourth-order valence-corrected chi connectivity index (χ4v) is 3.99. The Morgan fingerprint density at radius 3 is 2.80 bits per heavy atom. The molecule has 7 heteroatoms. The highest BCUT2D eigenvalue weighted by molar-refractivity contribution is 6.01. The number of imidazole rings is 1. The van der Waals surface area contributed by atoms with Crippen LogP contribution in [0.3, 0.4) is 0 Å². The molecule has 2 N–H and O–H groups in total. The lowest BCUT2D eigenvalue weighted by Gasteiger charge is -2.34. The number of H-pyrrole nitrogens is 1. The average Bonchev–Trinajstić information content (AvgIpc) is 3.18. The molecular formula is C18H24FN5O. The molecule has 1 aliphatic rings. The highest BCUT2D eigenvalue weighted by atomic mass is 19.1. The van der Waals surface area contributed by atoms with Gasteiger partial charge in [-0.15, -0.1) is 0 Å². The molecule has 0 spiro atoms. The lowest BCUT2D eigenvalue weighted by atomic mass is 10.0. The van der Waals surface area contributed by atoms with Crippen molar-refractivity contribution in [2.45, 2.75) is 45.0 Å². The third-order valence-electron chi connectivity index (χ3n) is 5.07. The van der Waals surface area contributed by atoms with E-state index in [0.29, 0.717) is 12.4 Å². The Hall–Kier alpha value is -1.99. The molecule has 0 amide bonds. The molecule has 2 atom stereocenters. The Bertz CT molecular complexity index is 876. The first-order valence-electron chi connectivity index (χ1n) is 8.93. The van der Waals surface area contributed by atoms with Crippen LogP contribution >= 0.6 is 0 Å². The van der Waals surface area contributed by atoms with E-state index in [0.717, 1.165) is 48.0 Å². The number of halogens is 1. The summed E-state index contributed by atoms with van der Waals surface area (Å²) in [5, 5.41) is 11.3. The minimum atomic E-state index is -0.802. The normalized spacial score (nSPS) is 19.7. The fourth-order valence-electron chi connectivity index (χ4n) is 3.99. The Kier molecular flexibility index (Phi) is 4.21. The van der Waals surface area contributed by atoms with Crippen molar-refractivity contribution in [2.75, 3.05) is 19.6 Å². The van der Waals surface area contributed by atoms with E-state index in [4.69, 9.17) is 0 Å². The molecule has 4 heterocycles. The van der Waals surface area contributed by atoms with Crippen molar-refractivity contribution in [2.24, 2.45) is 0 Å². The first-order chi connectivity index (χ1) is 12.0. The maximum absolute atomic E-state index is 13.3. The number of nitrogens with one attached hydrogen (secondary N) is 1. The van der Waals surface area contributed by atoms with Gasteiger partial charge in [0, 0.05) is 37.3 Å². The van der Waals surface area contributed by atoms with Gasteiger partial charge in [0.2, 0.25) is 0 Å². The number of pyridine rings is 1. The molecule has 6 nitrogen and oxygen atoms in total. The number of aromatic amines is 1. The molecular weight excluding hydrogens is 321 g/mol. The van der Waals surface area contributed by atoms with Crippen molar-refractivity contribution in [1.82, 2.24) is 24.4 Å². The number of fused-ring (bicyclic) bond motifs is 3. The number of nitrogens with zero attached hydrogens (tertiary/aromatic N) is 4. The van der Waals surface area contributed by atoms with Crippen LogP contribution in [0.4, 0.5) is 4.39 Å². The Balaban J connectivity index is 1.75. The van der Waals surface area contributed by atoms with E-state index < -0.39 is 12.3 Å². The summed E-state index contributed by atoms with van der Waals surface area (Å²) in [5.41, 5.74) is 2.66. The molecule has 3 aromatic rings. The predicted octanol–water partition coefficient (Wildman–Crippen LogP) is 2.96. The summed E-state index contributed by atoms with van der Waals surface area (Å²) in [6.07, 6.45) is 4.03. The van der Waals surface area contributed by atoms with Gasteiger partial charge in [-0.3, -0.25) is 0 Å². The van der Waals surface area contributed by atoms with E-state index in [1.165, 1.54) is 0 Å². The second-order valence-corrected chi connectivity index (χ2v) is 7.06. The van der Waals surface area contributed by atoms with Crippen molar-refractivity contribution in [1.29, 1.82) is 0 Å². The van der Waals surface area contributed by atoms with Crippen LogP contribution in [-0.2, 0) is 0 Å². The second-order valence-electron chi connectivity index (χ2n) is 7.06. The summed E-state index contributed by atoms with van der Waals surface area (Å²) in [5.74, 6) is 0.683. The molecule has 1 saturated heterocycles. The van der Waals surface area contributed by atoms with Crippen LogP contribution in [0.5, 0.6) is 0 Å². The highest BCUT2D eigenvalue weighted by Gasteiger charge is 2.27. The Morgan fingerprint density at radius 1 is 1.36 bits per heavy atom. The van der Waals surface area contributed by atoms with E-state index in [2.05, 4.69) is 24.4 Å². The first-order valence-corrected chi connectivity index (χ1v) is 8.93. The Labute approximate surface area is 145 Å². The number of piperidine rings is 1. The minimum absolute atomic E-state index is 0.251. The van der Waals surface area contributed by atoms with Gasteiger partial charge in [-0.05, 0) is 32.8 Å². The first kappa shape index (κ1) is 16.5. The van der Waals surface area contributed by atoms with E-state index in [9.17, 15) is 9.50 Å². The standard InChI is InChI=1S/C18H24FN5O/c1-11(19)10-23-7-4-13(5-8-23)24-16-14-3-6-20-17(14)21-9-15(16)22-18(24)12(2)25/h3,6,9,11-13,25H,4-5,7-8,10H2,1-2H3,(H,20,21). The largest absolute Gasteiger partial charge is 0.385 e. The summed E-state index contributed by atoms with van der Waals surface area (Å²) < 4.78 is 15.5. The molecule has 0 bridgehead atoms. The SMILES string of the molecule is CC(F)CN1CCC(n2c(C(C)O)nc3cnc4[nH]ccc4c32)CC1. The lowest BCUT2D eigenvalue weighted by molar-refractivity contribution is 0.140. The van der Waals surface area contributed by atoms with Gasteiger partial charge in [0.25, 0.3) is 0 Å². The molecule has 1 aliphatic heterocycles. The van der Waals surface area contributed by atoms with Crippen LogP contribution in [0.2, 0.25) is 0 Å². The molecule has 0 saturated carbocycles. The van der Waals surface area contributed by atoms with Crippen molar-refractivity contribution in [3.63, 3.8) is 0 Å². The third kappa shape index (κ3) is 2.91. The molecule has 134 valence electrons. The van der Waals surface area contributed by atoms with Gasteiger partial charge < -0.3 is 19.6 Å². The van der Waals surface area contributed by atoms with Gasteiger partial charge in [-0.2, -0.15) is 0 Å². The summed E-state index contributed by atoms with van der Waals surface area (Å²) in [7, 11) is 0. The number of aromatic nitrogens is 4. The van der Waals surface area contributed by atoms with Gasteiger partial charge in [-0.1, -0.05) is 0 Å². The second kappa shape index (κ2) is 6.38. The van der Waals surface area contributed by atoms with Crippen LogP contribution in [0.1, 0.15) is 44.7 Å². The molecule has 4 rings (SSSR count). The zero-order valence-corrected chi connectivity index (χ0v) is 14.6. The topological polar surface area (TPSA) is 70.0 Å². The summed E-state index contributed by atoms with van der Waals surface area (Å²) in [6, 6.07) is 2.26. The zero-order valence-electron chi connectivity index (χ0n) is 14.6. The highest BCUT2D eigenvalue weighted by Crippen LogP contribution is 2.34. The van der Waals surface area contributed by atoms with Crippen LogP contribution in [0, 0.1) is 0 Å². The molecule has 2 unspecified atom stereocenters. The lowest BCUT2D eigenvalue weighted by Crippen LogP contribution is -2.38. The molecule has 0 aromatic carbocycles. The number of hydrogen-bond donors (Lipinski definition) is 2. The molecule has 0 aliphatic carbocycles. The summed E-state index contributed by atoms with van der Waals surface area (Å²) in [4.78, 5) is 14.4. The fraction of sp³-hybridized carbons (Fsp3) is 0.556. The number of aliphatic hydroxyl groups is 1. The van der Waals surface area contributed by atoms with Gasteiger partial charge in [-0.25, -0.2) is 14.4 Å². The van der Waals surface area contributed by atoms with Crippen LogP contribution in [0.25, 0.3) is 22.1 Å². The summed E-state index contributed by atoms with van der Waals surface area (Å²) in [6.45, 7) is 5.57. The monoisotopic (exact) mass is 345 g/mol. The molecule has 1 fully saturated rings. The van der Waals surface area contributed by atoms with Gasteiger partial charge in [0.05, 0.1) is 11.7 Å². The summed E-state index contributed by atoms with van der Waals surface area (Å²) >= 11 is 0. The van der Waals surface area contributed by atoms with Crippen molar-refractivity contribution in [3.8, 4) is 0 Å². The minimum Gasteiger partial charge on any atom is -0.385 e. The maximum Gasteiger partial charge on any atom is 0.139 e. The van der Waals surface area contributed by atoms with Gasteiger partial charge in [0.1, 0.15) is 29.3 Å². The smallest absolute Gasteiger partial charge is 0.139 e. The van der Waals surface area contributed by atoms with Crippen molar-refractivity contribution in [3.05, 3.63) is 24.3 Å². The zero-order chi connectivity index (χ0) is 17.6. The van der Waals surface area contributed by atoms with E-state index >= 15 is 0 Å². The predicted molar refractivity (Wildman–Crippen MR) is 95.3 cm³/mol. The number of aliphatic hydroxyl groups excluding tert-OH is 1. The van der Waals surface area contributed by atoms with Crippen LogP contribution < -0.4 is 0 Å². The van der Waals surface area contributed by atoms with Crippen molar-refractivity contribution >= 4 is 22.1 Å². The number of alkyl halides is 1. The van der Waals surface area contributed by atoms with E-state index in [1.807, 2.05) is 12.3 Å². The van der Waals surface area contributed by atoms with Crippen LogP contribution in [-0.4, -0.2) is 55.3 Å². The molecule has 25 heavy (non-hydrogen) atoms. The number of likely N-dealkylation sites (tertiary alicyclic amines) is 1. The number of rotatable bonds is 4. The van der Waals surface area contributed by atoms with Crippen LogP contribution in [0.15, 0.2) is 18.5 Å². The van der Waals surface area contributed by atoms with E-state index in [-0.39, 0.29) is 6.04 Å². The van der Waals surface area contributed by atoms with Gasteiger partial charge >= 0.3 is 0 Å². The number of hydrogen-bond acceptors (Lipinski definition) is 4. The average molecular weight is 345 g/mol. The molecule has 3 aromatic heterocycles. The van der Waals surface area contributed by atoms with Crippen molar-refractivity contribution < 1.29 is 9.50 Å². The molecule has 0 radical (unpaired) electrons. The third-order valence-corrected chi connectivity index (χ3v) is 5.07. The van der Waals surface area contributed by atoms with E-state index in [1.54, 1.807) is 20.0 Å².